The smallest absolute Gasteiger partial charge is 0.107 e. The number of aliphatic imine (C=N–C) groups is 1. The Kier molecular flexibility index (Phi) is 1.90. The molecule has 2 atom stereocenters. The predicted octanol–water partition coefficient (Wildman–Crippen LogP) is 1.61. The van der Waals surface area contributed by atoms with Crippen LogP contribution in [-0.2, 0) is 10.3 Å². The summed E-state index contributed by atoms with van der Waals surface area (Å²) in [7, 11) is 0. The van der Waals surface area contributed by atoms with Crippen molar-refractivity contribution in [2.75, 3.05) is 13.2 Å². The first kappa shape index (κ1) is 9.07. The maximum absolute atomic E-state index is 5.89. The van der Waals surface area contributed by atoms with Gasteiger partial charge in [-0.25, -0.2) is 0 Å². The van der Waals surface area contributed by atoms with Gasteiger partial charge in [-0.1, -0.05) is 12.1 Å². The largest absolute Gasteiger partial charge is 0.367 e. The summed E-state index contributed by atoms with van der Waals surface area (Å²) in [6.45, 7) is 5.27. The van der Waals surface area contributed by atoms with Gasteiger partial charge in [0.15, 0.2) is 0 Å². The van der Waals surface area contributed by atoms with Gasteiger partial charge in [0.25, 0.3) is 0 Å². The van der Waals surface area contributed by atoms with Crippen molar-refractivity contribution in [3.05, 3.63) is 29.8 Å². The summed E-state index contributed by atoms with van der Waals surface area (Å²) >= 11 is 0. The summed E-state index contributed by atoms with van der Waals surface area (Å²) in [6, 6.07) is 8.72. The van der Waals surface area contributed by atoms with Crippen molar-refractivity contribution in [2.45, 2.75) is 18.1 Å². The number of benzene rings is 1. The second kappa shape index (κ2) is 3.15. The first-order valence-corrected chi connectivity index (χ1v) is 5.27. The van der Waals surface area contributed by atoms with Crippen molar-refractivity contribution in [1.82, 2.24) is 5.32 Å². The Hall–Kier alpha value is -1.19. The van der Waals surface area contributed by atoms with E-state index in [0.717, 1.165) is 25.3 Å². The summed E-state index contributed by atoms with van der Waals surface area (Å²) in [5.74, 6) is 0. The molecule has 0 unspecified atom stereocenters. The minimum absolute atomic E-state index is 0.0790. The normalized spacial score (nSPS) is 33.2. The van der Waals surface area contributed by atoms with Crippen molar-refractivity contribution in [2.24, 2.45) is 4.99 Å². The molecule has 3 heteroatoms. The monoisotopic (exact) mass is 202 g/mol. The first-order valence-electron chi connectivity index (χ1n) is 5.27. The van der Waals surface area contributed by atoms with E-state index in [-0.39, 0.29) is 5.60 Å². The number of morpholine rings is 1. The van der Waals surface area contributed by atoms with Crippen LogP contribution in [0.5, 0.6) is 0 Å². The fourth-order valence-corrected chi connectivity index (χ4v) is 2.51. The average Bonchev–Trinajstić information content (AvgIpc) is 2.90. The van der Waals surface area contributed by atoms with Gasteiger partial charge in [0.2, 0.25) is 0 Å². The standard InChI is InChI=1S/C12H14N2O/c1-13-10-4-2-9(3-5-10)12-6-11(7-15-12)14-8-12/h2-5,11,14H,1,6-8H2/t11-,12-/m0/s1. The van der Waals surface area contributed by atoms with Gasteiger partial charge in [-0.15, -0.1) is 0 Å². The summed E-state index contributed by atoms with van der Waals surface area (Å²) in [5.41, 5.74) is 2.09. The minimum atomic E-state index is -0.0790. The van der Waals surface area contributed by atoms with E-state index in [2.05, 4.69) is 29.2 Å². The van der Waals surface area contributed by atoms with Gasteiger partial charge in [0, 0.05) is 12.6 Å². The Bertz CT molecular complexity index is 377. The fraction of sp³-hybridized carbons (Fsp3) is 0.417. The van der Waals surface area contributed by atoms with Gasteiger partial charge in [-0.3, -0.25) is 4.99 Å². The van der Waals surface area contributed by atoms with E-state index in [1.165, 1.54) is 5.56 Å². The molecule has 1 aromatic rings. The lowest BCUT2D eigenvalue weighted by Crippen LogP contribution is -2.37. The van der Waals surface area contributed by atoms with E-state index in [1.807, 2.05) is 12.1 Å². The lowest BCUT2D eigenvalue weighted by molar-refractivity contribution is -0.00957. The number of ether oxygens (including phenoxy) is 1. The minimum Gasteiger partial charge on any atom is -0.367 e. The zero-order valence-corrected chi connectivity index (χ0v) is 8.57. The average molecular weight is 202 g/mol. The van der Waals surface area contributed by atoms with E-state index in [4.69, 9.17) is 4.74 Å². The zero-order chi connectivity index (χ0) is 10.3. The van der Waals surface area contributed by atoms with E-state index >= 15 is 0 Å². The molecule has 1 N–H and O–H groups in total. The molecule has 0 amide bonds. The van der Waals surface area contributed by atoms with Gasteiger partial charge >= 0.3 is 0 Å². The molecule has 3 rings (SSSR count). The maximum atomic E-state index is 5.89. The van der Waals surface area contributed by atoms with Crippen LogP contribution in [0.15, 0.2) is 29.3 Å². The van der Waals surface area contributed by atoms with Crippen molar-refractivity contribution in [1.29, 1.82) is 0 Å². The third-order valence-corrected chi connectivity index (χ3v) is 3.39. The molecule has 78 valence electrons. The fourth-order valence-electron chi connectivity index (χ4n) is 2.51. The van der Waals surface area contributed by atoms with E-state index < -0.39 is 0 Å². The van der Waals surface area contributed by atoms with Crippen molar-refractivity contribution < 1.29 is 4.74 Å². The predicted molar refractivity (Wildman–Crippen MR) is 59.7 cm³/mol. The molecule has 0 aliphatic carbocycles. The van der Waals surface area contributed by atoms with Crippen LogP contribution in [0.1, 0.15) is 12.0 Å². The molecule has 1 aromatic carbocycles. The highest BCUT2D eigenvalue weighted by Gasteiger charge is 2.47. The quantitative estimate of drug-likeness (QED) is 0.739. The zero-order valence-electron chi connectivity index (χ0n) is 8.57. The van der Waals surface area contributed by atoms with Gasteiger partial charge in [0.05, 0.1) is 12.3 Å². The van der Waals surface area contributed by atoms with Crippen LogP contribution >= 0.6 is 0 Å². The van der Waals surface area contributed by atoms with Crippen molar-refractivity contribution in [3.63, 3.8) is 0 Å². The van der Waals surface area contributed by atoms with Crippen LogP contribution in [-0.4, -0.2) is 25.9 Å². The third kappa shape index (κ3) is 1.31. The number of nitrogens with zero attached hydrogens (tertiary/aromatic N) is 1. The first-order chi connectivity index (χ1) is 7.32. The van der Waals surface area contributed by atoms with Crippen LogP contribution in [0, 0.1) is 0 Å². The van der Waals surface area contributed by atoms with E-state index in [0.29, 0.717) is 6.04 Å². The summed E-state index contributed by atoms with van der Waals surface area (Å²) in [6.07, 6.45) is 1.09. The number of nitrogens with one attached hydrogen (secondary N) is 1. The molecule has 15 heavy (non-hydrogen) atoms. The molecule has 0 spiro atoms. The molecule has 2 heterocycles. The third-order valence-electron chi connectivity index (χ3n) is 3.39. The lowest BCUT2D eigenvalue weighted by Gasteiger charge is -2.27. The molecule has 2 saturated heterocycles. The maximum Gasteiger partial charge on any atom is 0.107 e. The molecule has 2 fully saturated rings. The number of hydrogen-bond donors (Lipinski definition) is 1. The molecule has 3 nitrogen and oxygen atoms in total. The molecular weight excluding hydrogens is 188 g/mol. The second-order valence-electron chi connectivity index (χ2n) is 4.29. The molecular formula is C12H14N2O. The highest BCUT2D eigenvalue weighted by atomic mass is 16.5. The lowest BCUT2D eigenvalue weighted by atomic mass is 9.93. The SMILES string of the molecule is C=Nc1ccc([C@]23CN[C@H](CO2)C3)cc1. The number of rotatable bonds is 2. The van der Waals surface area contributed by atoms with Gasteiger partial charge < -0.3 is 10.1 Å². The van der Waals surface area contributed by atoms with Gasteiger partial charge in [-0.05, 0) is 30.8 Å². The molecule has 2 bridgehead atoms. The summed E-state index contributed by atoms with van der Waals surface area (Å²) in [5, 5.41) is 3.46. The van der Waals surface area contributed by atoms with Crippen molar-refractivity contribution >= 4 is 12.4 Å². The van der Waals surface area contributed by atoms with Gasteiger partial charge in [0.1, 0.15) is 5.60 Å². The van der Waals surface area contributed by atoms with Gasteiger partial charge in [-0.2, -0.15) is 0 Å². The van der Waals surface area contributed by atoms with Crippen LogP contribution in [0.25, 0.3) is 0 Å². The Labute approximate surface area is 89.2 Å². The Balaban J connectivity index is 1.95. The topological polar surface area (TPSA) is 33.6 Å². The molecule has 2 aliphatic heterocycles. The molecule has 0 radical (unpaired) electrons. The van der Waals surface area contributed by atoms with Crippen LogP contribution in [0.3, 0.4) is 0 Å². The van der Waals surface area contributed by atoms with E-state index in [9.17, 15) is 0 Å². The summed E-state index contributed by atoms with van der Waals surface area (Å²) < 4.78 is 5.89. The highest BCUT2D eigenvalue weighted by Crippen LogP contribution is 2.40. The molecule has 2 aliphatic rings. The molecule has 0 aromatic heterocycles. The number of fused-ring (bicyclic) bond motifs is 2. The van der Waals surface area contributed by atoms with Crippen molar-refractivity contribution in [3.8, 4) is 0 Å². The Morgan fingerprint density at radius 2 is 2.20 bits per heavy atom. The van der Waals surface area contributed by atoms with Crippen LogP contribution in [0.4, 0.5) is 5.69 Å². The highest BCUT2D eigenvalue weighted by molar-refractivity contribution is 5.47. The van der Waals surface area contributed by atoms with Crippen LogP contribution in [0.2, 0.25) is 0 Å². The summed E-state index contributed by atoms with van der Waals surface area (Å²) in [4.78, 5) is 3.89. The number of hydrogen-bond acceptors (Lipinski definition) is 3. The second-order valence-corrected chi connectivity index (χ2v) is 4.29. The molecule has 0 saturated carbocycles. The van der Waals surface area contributed by atoms with E-state index in [1.54, 1.807) is 0 Å². The van der Waals surface area contributed by atoms with Crippen LogP contribution < -0.4 is 5.32 Å². The Morgan fingerprint density at radius 3 is 2.67 bits per heavy atom. The Morgan fingerprint density at radius 1 is 1.40 bits per heavy atom.